The van der Waals surface area contributed by atoms with Gasteiger partial charge in [-0.2, -0.15) is 0 Å². The minimum Gasteiger partial charge on any atom is -0.790 e. The van der Waals surface area contributed by atoms with Gasteiger partial charge in [0.15, 0.2) is 22.8 Å². The molecule has 21 heteroatoms. The molecule has 0 aromatic carbocycles. The van der Waals surface area contributed by atoms with E-state index in [-0.39, 0.29) is 35.4 Å². The number of thioether (sulfide) groups is 1. The molecule has 0 spiro atoms. The largest absolute Gasteiger partial charge is 0.790 e. The predicted octanol–water partition coefficient (Wildman–Crippen LogP) is -0.0650. The number of ether oxygens (including phenoxy) is 1. The van der Waals surface area contributed by atoms with Crippen LogP contribution in [0.5, 0.6) is 0 Å². The Hall–Kier alpha value is -1.54. The molecule has 5 atom stereocenters. The van der Waals surface area contributed by atoms with Crippen LogP contribution in [0.2, 0.25) is 0 Å². The van der Waals surface area contributed by atoms with Crippen LogP contribution in [0.3, 0.4) is 0 Å². The Morgan fingerprint density at radius 2 is 1.86 bits per heavy atom. The van der Waals surface area contributed by atoms with E-state index in [4.69, 9.17) is 10.5 Å². The number of nitrogen functional groups attached to an aromatic ring is 1. The van der Waals surface area contributed by atoms with Gasteiger partial charge in [-0.1, -0.05) is 17.8 Å². The Balaban J connectivity index is 0.00000432. The molecule has 0 radical (unpaired) electrons. The van der Waals surface area contributed by atoms with E-state index in [1.807, 2.05) is 6.08 Å². The first kappa shape index (κ1) is 35.5. The van der Waals surface area contributed by atoms with Crippen molar-refractivity contribution in [3.8, 4) is 0 Å². The van der Waals surface area contributed by atoms with Gasteiger partial charge in [-0.25, -0.2) is 15.0 Å². The minimum absolute atomic E-state index is 0. The van der Waals surface area contributed by atoms with Gasteiger partial charge in [-0.05, 0) is 19.3 Å². The second-order valence-electron chi connectivity index (χ2n) is 7.17. The van der Waals surface area contributed by atoms with Gasteiger partial charge in [0.2, 0.25) is 0 Å². The molecule has 214 valence electrons. The molecular weight excluding hydrogens is 558 g/mol. The van der Waals surface area contributed by atoms with E-state index in [0.717, 1.165) is 25.0 Å². The third-order valence-electron chi connectivity index (χ3n) is 4.67. The number of hydrogen-bond donors (Lipinski definition) is 6. The Morgan fingerprint density at radius 1 is 1.19 bits per heavy atom. The first-order valence-corrected chi connectivity index (χ1v) is 13.8. The number of anilines is 1. The van der Waals surface area contributed by atoms with Crippen LogP contribution in [0, 0.1) is 0 Å². The van der Waals surface area contributed by atoms with E-state index < -0.39 is 46.8 Å². The number of aliphatic hydroxyl groups is 2. The predicted molar refractivity (Wildman–Crippen MR) is 131 cm³/mol. The lowest BCUT2D eigenvalue weighted by atomic mass is 10.1. The number of phosphoric acid groups is 2. The fraction of sp³-hybridized carbons (Fsp3) is 0.562. The number of aromatic nitrogens is 4. The van der Waals surface area contributed by atoms with Gasteiger partial charge in [0.1, 0.15) is 23.8 Å². The fourth-order valence-corrected chi connectivity index (χ4v) is 5.47. The number of hydrogen-bond acceptors (Lipinski definition) is 15. The number of nitrogens with zero attached hydrogens (tertiary/aromatic N) is 4. The number of unbranched alkanes of at least 4 members (excludes halogenated alkanes) is 2. The first-order chi connectivity index (χ1) is 15.9. The minimum atomic E-state index is -5.88. The van der Waals surface area contributed by atoms with Gasteiger partial charge in [0.05, 0.1) is 20.8 Å². The van der Waals surface area contributed by atoms with Gasteiger partial charge in [-0.3, -0.25) is 13.4 Å². The Morgan fingerprint density at radius 3 is 2.49 bits per heavy atom. The number of nitrogens with two attached hydrogens (primary N) is 1. The van der Waals surface area contributed by atoms with Crippen LogP contribution in [0.25, 0.3) is 11.2 Å². The van der Waals surface area contributed by atoms with Crippen molar-refractivity contribution in [3.05, 3.63) is 19.0 Å². The molecule has 0 aliphatic carbocycles. The van der Waals surface area contributed by atoms with Crippen molar-refractivity contribution in [2.24, 2.45) is 0 Å². The summed E-state index contributed by atoms with van der Waals surface area (Å²) in [5.74, 6) is 0.819. The van der Waals surface area contributed by atoms with Gasteiger partial charge < -0.3 is 62.9 Å². The van der Waals surface area contributed by atoms with Gasteiger partial charge in [0.25, 0.3) is 7.82 Å². The van der Waals surface area contributed by atoms with Crippen molar-refractivity contribution >= 4 is 44.4 Å². The second kappa shape index (κ2) is 14.6. The topological polar surface area (TPSA) is 351 Å². The summed E-state index contributed by atoms with van der Waals surface area (Å²) in [5.41, 5.74) is 6.40. The monoisotopic (exact) mass is 592 g/mol. The molecule has 1 saturated heterocycles. The number of phosphoric ester groups is 1. The summed E-state index contributed by atoms with van der Waals surface area (Å²) in [6, 6.07) is 0. The zero-order valence-corrected chi connectivity index (χ0v) is 23.1. The zero-order chi connectivity index (χ0) is 25.1. The maximum absolute atomic E-state index is 11.5. The highest BCUT2D eigenvalue weighted by atomic mass is 32.2. The number of allylic oxidation sites excluding steroid dienone is 1. The second-order valence-corrected chi connectivity index (χ2v) is 10.9. The molecule has 3 rings (SSSR count). The molecule has 18 nitrogen and oxygen atoms in total. The Kier molecular flexibility index (Phi) is 14.0. The SMILES string of the molecule is C=CCCCCSc1nc(N)c2ncn([C@@H]3O[C@H](COP(=O)([O-])OP(=O)([O-])[O-])[C@@H](O)[C@H]3O)c2n1.[NH4+].[NH4+].[NH4+]. The molecular formula is C16H34N8O10P2S. The van der Waals surface area contributed by atoms with Crippen LogP contribution >= 0.6 is 27.4 Å². The molecule has 1 aliphatic rings. The van der Waals surface area contributed by atoms with Gasteiger partial charge in [-0.15, -0.1) is 6.58 Å². The molecule has 0 amide bonds. The van der Waals surface area contributed by atoms with Crippen LogP contribution in [0.15, 0.2) is 24.1 Å². The van der Waals surface area contributed by atoms with Crippen LogP contribution in [-0.2, 0) is 22.7 Å². The molecule has 37 heavy (non-hydrogen) atoms. The highest BCUT2D eigenvalue weighted by Gasteiger charge is 2.45. The Bertz CT molecular complexity index is 1120. The lowest BCUT2D eigenvalue weighted by Gasteiger charge is -2.35. The normalized spacial score (nSPS) is 22.9. The third-order valence-corrected chi connectivity index (χ3v) is 7.67. The molecule has 1 unspecified atom stereocenters. The number of imidazole rings is 1. The quantitative estimate of drug-likeness (QED) is 0.0617. The van der Waals surface area contributed by atoms with Crippen molar-refractivity contribution < 1.29 is 47.6 Å². The van der Waals surface area contributed by atoms with E-state index in [1.165, 1.54) is 22.7 Å². The van der Waals surface area contributed by atoms with E-state index in [9.17, 15) is 34.0 Å². The molecule has 2 aromatic rings. The van der Waals surface area contributed by atoms with E-state index in [1.54, 1.807) is 0 Å². The van der Waals surface area contributed by atoms with Crippen LogP contribution in [0.1, 0.15) is 25.5 Å². The van der Waals surface area contributed by atoms with Crippen molar-refractivity contribution in [2.45, 2.75) is 49.0 Å². The van der Waals surface area contributed by atoms with Crippen molar-refractivity contribution in [1.82, 2.24) is 38.0 Å². The number of fused-ring (bicyclic) bond motifs is 1. The summed E-state index contributed by atoms with van der Waals surface area (Å²) in [6.45, 7) is 2.73. The molecule has 16 N–H and O–H groups in total. The van der Waals surface area contributed by atoms with E-state index in [0.29, 0.717) is 5.16 Å². The number of rotatable bonds is 12. The highest BCUT2D eigenvalue weighted by molar-refractivity contribution is 7.99. The van der Waals surface area contributed by atoms with Crippen LogP contribution in [0.4, 0.5) is 5.82 Å². The molecule has 0 bridgehead atoms. The van der Waals surface area contributed by atoms with E-state index in [2.05, 4.69) is 30.4 Å². The third kappa shape index (κ3) is 9.31. The average Bonchev–Trinajstić information content (AvgIpc) is 3.26. The molecule has 2 aromatic heterocycles. The summed E-state index contributed by atoms with van der Waals surface area (Å²) in [6.07, 6.45) is -0.0936. The standard InChI is InChI=1S/C16H25N5O10P2S.3H3N/c1-2-3-4-5-6-34-16-19-13(17)10-14(20-16)21(8-18-10)15-12(23)11(22)9(30-15)7-29-33(27,28)31-32(24,25)26;;;/h2,8-9,11-12,15,22-23H,1,3-7H2,(H,27,28)(H2,17,19,20)(H2,24,25,26);3*1H3/t9-,11-,12-,15-;;;/m1.../s1. The summed E-state index contributed by atoms with van der Waals surface area (Å²) in [7, 11) is -11.4. The summed E-state index contributed by atoms with van der Waals surface area (Å²) in [4.78, 5) is 45.2. The summed E-state index contributed by atoms with van der Waals surface area (Å²) >= 11 is 1.37. The van der Waals surface area contributed by atoms with Crippen molar-refractivity contribution in [2.75, 3.05) is 18.1 Å². The van der Waals surface area contributed by atoms with Crippen LogP contribution in [-0.4, -0.2) is 60.4 Å². The smallest absolute Gasteiger partial charge is 0.271 e. The maximum Gasteiger partial charge on any atom is 0.271 e. The Labute approximate surface area is 216 Å². The summed E-state index contributed by atoms with van der Waals surface area (Å²) in [5, 5.41) is 21.1. The summed E-state index contributed by atoms with van der Waals surface area (Å²) < 4.78 is 36.4. The van der Waals surface area contributed by atoms with Crippen LogP contribution < -0.4 is 38.9 Å². The fourth-order valence-electron chi connectivity index (χ4n) is 3.13. The highest BCUT2D eigenvalue weighted by Crippen LogP contribution is 2.50. The number of aliphatic hydroxyl groups excluding tert-OH is 2. The van der Waals surface area contributed by atoms with Gasteiger partial charge in [0, 0.05) is 5.75 Å². The first-order valence-electron chi connectivity index (χ1n) is 9.86. The zero-order valence-electron chi connectivity index (χ0n) is 20.5. The number of quaternary nitrogens is 3. The van der Waals surface area contributed by atoms with Crippen molar-refractivity contribution in [3.63, 3.8) is 0 Å². The van der Waals surface area contributed by atoms with Gasteiger partial charge >= 0.3 is 0 Å². The van der Waals surface area contributed by atoms with E-state index >= 15 is 0 Å². The molecule has 1 fully saturated rings. The lowest BCUT2D eigenvalue weighted by molar-refractivity contribution is -0.339. The molecule has 0 saturated carbocycles. The molecule has 3 heterocycles. The maximum atomic E-state index is 11.5. The lowest BCUT2D eigenvalue weighted by Crippen LogP contribution is -2.34. The van der Waals surface area contributed by atoms with Crippen molar-refractivity contribution in [1.29, 1.82) is 0 Å². The molecule has 1 aliphatic heterocycles. The average molecular weight is 593 g/mol.